The van der Waals surface area contributed by atoms with E-state index in [0.717, 1.165) is 48.2 Å². The topological polar surface area (TPSA) is 38.3 Å². The number of hydrogen-bond acceptors (Lipinski definition) is 4. The molecule has 4 heteroatoms. The summed E-state index contributed by atoms with van der Waals surface area (Å²) >= 11 is 0. The average molecular weight is 374 g/mol. The SMILES string of the molecule is COc1ccc(Cc2c(C)nc(-c3ccccc3)nc2N2CCCCC2)cc1. The van der Waals surface area contributed by atoms with Crippen LogP contribution in [0.3, 0.4) is 0 Å². The highest BCUT2D eigenvalue weighted by Gasteiger charge is 2.20. The second-order valence-corrected chi connectivity index (χ2v) is 7.37. The van der Waals surface area contributed by atoms with E-state index in [1.807, 2.05) is 30.3 Å². The summed E-state index contributed by atoms with van der Waals surface area (Å²) in [5.74, 6) is 2.80. The lowest BCUT2D eigenvalue weighted by atomic mass is 10.0. The first-order chi connectivity index (χ1) is 13.7. The van der Waals surface area contributed by atoms with Gasteiger partial charge in [0.1, 0.15) is 11.6 Å². The Morgan fingerprint density at radius 1 is 0.893 bits per heavy atom. The lowest BCUT2D eigenvalue weighted by Crippen LogP contribution is -2.31. The maximum atomic E-state index is 5.29. The molecule has 0 radical (unpaired) electrons. The van der Waals surface area contributed by atoms with Crippen LogP contribution < -0.4 is 9.64 Å². The van der Waals surface area contributed by atoms with Gasteiger partial charge in [-0.25, -0.2) is 9.97 Å². The van der Waals surface area contributed by atoms with E-state index in [4.69, 9.17) is 14.7 Å². The second-order valence-electron chi connectivity index (χ2n) is 7.37. The third kappa shape index (κ3) is 4.01. The lowest BCUT2D eigenvalue weighted by molar-refractivity contribution is 0.414. The first kappa shape index (κ1) is 18.5. The molecule has 4 nitrogen and oxygen atoms in total. The first-order valence-corrected chi connectivity index (χ1v) is 10.1. The molecule has 0 spiro atoms. The Balaban J connectivity index is 1.74. The van der Waals surface area contributed by atoms with Crippen molar-refractivity contribution in [1.82, 2.24) is 9.97 Å². The zero-order chi connectivity index (χ0) is 19.3. The quantitative estimate of drug-likeness (QED) is 0.628. The molecule has 1 aromatic heterocycles. The molecule has 144 valence electrons. The van der Waals surface area contributed by atoms with Crippen molar-refractivity contribution in [2.45, 2.75) is 32.6 Å². The fourth-order valence-electron chi connectivity index (χ4n) is 3.82. The Labute approximate surface area is 167 Å². The summed E-state index contributed by atoms with van der Waals surface area (Å²) in [6.45, 7) is 4.25. The number of anilines is 1. The van der Waals surface area contributed by atoms with Crippen LogP contribution in [0.25, 0.3) is 11.4 Å². The van der Waals surface area contributed by atoms with Crippen LogP contribution in [0.15, 0.2) is 54.6 Å². The van der Waals surface area contributed by atoms with Crippen molar-refractivity contribution in [3.05, 3.63) is 71.4 Å². The van der Waals surface area contributed by atoms with Gasteiger partial charge in [0, 0.05) is 36.3 Å². The average Bonchev–Trinajstić information content (AvgIpc) is 2.76. The van der Waals surface area contributed by atoms with Crippen LogP contribution in [-0.4, -0.2) is 30.2 Å². The van der Waals surface area contributed by atoms with Gasteiger partial charge in [-0.05, 0) is 43.9 Å². The van der Waals surface area contributed by atoms with Gasteiger partial charge in [-0.1, -0.05) is 42.5 Å². The highest BCUT2D eigenvalue weighted by Crippen LogP contribution is 2.29. The molecule has 2 aromatic carbocycles. The highest BCUT2D eigenvalue weighted by molar-refractivity contribution is 5.61. The molecule has 4 rings (SSSR count). The number of ether oxygens (including phenoxy) is 1. The molecule has 1 aliphatic rings. The molecule has 2 heterocycles. The molecule has 1 fully saturated rings. The fraction of sp³-hybridized carbons (Fsp3) is 0.333. The van der Waals surface area contributed by atoms with Crippen molar-refractivity contribution in [2.24, 2.45) is 0 Å². The normalized spacial score (nSPS) is 14.1. The number of rotatable bonds is 5. The van der Waals surface area contributed by atoms with E-state index in [2.05, 4.69) is 36.1 Å². The number of benzene rings is 2. The van der Waals surface area contributed by atoms with Gasteiger partial charge >= 0.3 is 0 Å². The van der Waals surface area contributed by atoms with Gasteiger partial charge in [-0.2, -0.15) is 0 Å². The van der Waals surface area contributed by atoms with Gasteiger partial charge < -0.3 is 9.64 Å². The van der Waals surface area contributed by atoms with Crippen molar-refractivity contribution in [3.8, 4) is 17.1 Å². The smallest absolute Gasteiger partial charge is 0.161 e. The van der Waals surface area contributed by atoms with Crippen LogP contribution in [0.2, 0.25) is 0 Å². The standard InChI is InChI=1S/C24H27N3O/c1-18-22(17-19-11-13-21(28-2)14-12-19)24(27-15-7-4-8-16-27)26-23(25-18)20-9-5-3-6-10-20/h3,5-6,9-14H,4,7-8,15-17H2,1-2H3. The molecule has 0 aliphatic carbocycles. The summed E-state index contributed by atoms with van der Waals surface area (Å²) in [5, 5.41) is 0. The molecule has 0 saturated carbocycles. The molecule has 0 unspecified atom stereocenters. The molecule has 1 aliphatic heterocycles. The fourth-order valence-corrected chi connectivity index (χ4v) is 3.82. The van der Waals surface area contributed by atoms with E-state index in [9.17, 15) is 0 Å². The molecule has 0 atom stereocenters. The molecule has 3 aromatic rings. The van der Waals surface area contributed by atoms with Crippen molar-refractivity contribution >= 4 is 5.82 Å². The second kappa shape index (κ2) is 8.42. The summed E-state index contributed by atoms with van der Waals surface area (Å²) in [6.07, 6.45) is 4.59. The van der Waals surface area contributed by atoms with E-state index in [1.54, 1.807) is 7.11 Å². The van der Waals surface area contributed by atoms with Crippen LogP contribution in [0, 0.1) is 6.92 Å². The number of methoxy groups -OCH3 is 1. The van der Waals surface area contributed by atoms with Crippen molar-refractivity contribution in [3.63, 3.8) is 0 Å². The number of aromatic nitrogens is 2. The lowest BCUT2D eigenvalue weighted by Gasteiger charge is -2.30. The minimum atomic E-state index is 0.817. The minimum absolute atomic E-state index is 0.817. The molecular formula is C24H27N3O. The van der Waals surface area contributed by atoms with Gasteiger partial charge in [0.15, 0.2) is 5.82 Å². The van der Waals surface area contributed by atoms with Gasteiger partial charge in [0.25, 0.3) is 0 Å². The van der Waals surface area contributed by atoms with Gasteiger partial charge in [-0.15, -0.1) is 0 Å². The zero-order valence-electron chi connectivity index (χ0n) is 16.7. The third-order valence-electron chi connectivity index (χ3n) is 5.42. The summed E-state index contributed by atoms with van der Waals surface area (Å²) in [4.78, 5) is 12.4. The van der Waals surface area contributed by atoms with E-state index < -0.39 is 0 Å². The number of aryl methyl sites for hydroxylation is 1. The maximum absolute atomic E-state index is 5.29. The summed E-state index contributed by atoms with van der Waals surface area (Å²) in [7, 11) is 1.70. The van der Waals surface area contributed by atoms with Crippen molar-refractivity contribution < 1.29 is 4.74 Å². The summed E-state index contributed by atoms with van der Waals surface area (Å²) in [6, 6.07) is 18.6. The Hall–Kier alpha value is -2.88. The Morgan fingerprint density at radius 3 is 2.29 bits per heavy atom. The van der Waals surface area contributed by atoms with Crippen LogP contribution in [0.4, 0.5) is 5.82 Å². The Kier molecular flexibility index (Phi) is 5.56. The highest BCUT2D eigenvalue weighted by atomic mass is 16.5. The van der Waals surface area contributed by atoms with Gasteiger partial charge in [0.05, 0.1) is 7.11 Å². The van der Waals surface area contributed by atoms with E-state index in [-0.39, 0.29) is 0 Å². The predicted octanol–water partition coefficient (Wildman–Crippen LogP) is 5.04. The van der Waals surface area contributed by atoms with Crippen LogP contribution in [-0.2, 0) is 6.42 Å². The van der Waals surface area contributed by atoms with Gasteiger partial charge in [-0.3, -0.25) is 0 Å². The van der Waals surface area contributed by atoms with E-state index in [0.29, 0.717) is 0 Å². The molecule has 0 bridgehead atoms. The molecule has 1 saturated heterocycles. The van der Waals surface area contributed by atoms with E-state index >= 15 is 0 Å². The summed E-state index contributed by atoms with van der Waals surface area (Å²) in [5.41, 5.74) is 4.61. The van der Waals surface area contributed by atoms with Crippen molar-refractivity contribution in [1.29, 1.82) is 0 Å². The minimum Gasteiger partial charge on any atom is -0.497 e. The molecule has 0 amide bonds. The molecule has 0 N–H and O–H groups in total. The van der Waals surface area contributed by atoms with Crippen molar-refractivity contribution in [2.75, 3.05) is 25.1 Å². The van der Waals surface area contributed by atoms with Crippen LogP contribution in [0.5, 0.6) is 5.75 Å². The van der Waals surface area contributed by atoms with Gasteiger partial charge in [0.2, 0.25) is 0 Å². The third-order valence-corrected chi connectivity index (χ3v) is 5.42. The molecule has 28 heavy (non-hydrogen) atoms. The van der Waals surface area contributed by atoms with E-state index in [1.165, 1.54) is 30.4 Å². The number of piperidine rings is 1. The Morgan fingerprint density at radius 2 is 1.61 bits per heavy atom. The zero-order valence-corrected chi connectivity index (χ0v) is 16.7. The predicted molar refractivity (Wildman–Crippen MR) is 114 cm³/mol. The number of nitrogens with zero attached hydrogens (tertiary/aromatic N) is 3. The maximum Gasteiger partial charge on any atom is 0.161 e. The number of hydrogen-bond donors (Lipinski definition) is 0. The molecular weight excluding hydrogens is 346 g/mol. The first-order valence-electron chi connectivity index (χ1n) is 10.1. The summed E-state index contributed by atoms with van der Waals surface area (Å²) < 4.78 is 5.29. The van der Waals surface area contributed by atoms with Crippen LogP contribution >= 0.6 is 0 Å². The monoisotopic (exact) mass is 373 g/mol. The Bertz CT molecular complexity index is 917. The largest absolute Gasteiger partial charge is 0.497 e. The van der Waals surface area contributed by atoms with Crippen LogP contribution in [0.1, 0.15) is 36.1 Å².